The summed E-state index contributed by atoms with van der Waals surface area (Å²) in [5.41, 5.74) is 3.27. The summed E-state index contributed by atoms with van der Waals surface area (Å²) in [6, 6.07) is 17.4. The Bertz CT molecular complexity index is 767. The summed E-state index contributed by atoms with van der Waals surface area (Å²) >= 11 is 5.32. The Morgan fingerprint density at radius 3 is 2.30 bits per heavy atom. The van der Waals surface area contributed by atoms with Crippen LogP contribution in [0.3, 0.4) is 0 Å². The van der Waals surface area contributed by atoms with Gasteiger partial charge in [-0.3, -0.25) is 9.69 Å². The number of nitrogens with zero attached hydrogens (tertiary/aromatic N) is 2. The van der Waals surface area contributed by atoms with Crippen LogP contribution in [0.4, 0.5) is 11.4 Å². The molecule has 1 amide bonds. The maximum absolute atomic E-state index is 12.6. The summed E-state index contributed by atoms with van der Waals surface area (Å²) in [5, 5.41) is 3.39. The van der Waals surface area contributed by atoms with Gasteiger partial charge in [0.2, 0.25) is 0 Å². The van der Waals surface area contributed by atoms with Crippen molar-refractivity contribution < 1.29 is 4.79 Å². The third-order valence-corrected chi connectivity index (χ3v) is 3.90. The van der Waals surface area contributed by atoms with Crippen LogP contribution in [-0.4, -0.2) is 25.1 Å². The lowest BCUT2D eigenvalue weighted by molar-refractivity contribution is -0.113. The van der Waals surface area contributed by atoms with E-state index in [0.29, 0.717) is 10.8 Å². The molecular weight excluding hydrogens is 306 g/mol. The molecule has 1 heterocycles. The molecule has 0 aromatic heterocycles. The van der Waals surface area contributed by atoms with Crippen LogP contribution in [0.2, 0.25) is 0 Å². The molecule has 3 rings (SSSR count). The average molecular weight is 323 g/mol. The fraction of sp³-hybridized carbons (Fsp3) is 0.111. The standard InChI is InChI=1S/C18H17N3OS/c1-20(2)14-8-10-15(11-9-14)21-17(22)16(19-18(21)23)12-13-6-4-3-5-7-13/h3-12H,1-2H3,(H,19,23). The van der Waals surface area contributed by atoms with Crippen molar-refractivity contribution in [3.63, 3.8) is 0 Å². The highest BCUT2D eigenvalue weighted by atomic mass is 32.1. The summed E-state index contributed by atoms with van der Waals surface area (Å²) in [6.07, 6.45) is 1.81. The van der Waals surface area contributed by atoms with Crippen LogP contribution in [0.1, 0.15) is 5.56 Å². The van der Waals surface area contributed by atoms with Gasteiger partial charge in [0.15, 0.2) is 5.11 Å². The van der Waals surface area contributed by atoms with E-state index in [4.69, 9.17) is 12.2 Å². The lowest BCUT2D eigenvalue weighted by atomic mass is 10.2. The topological polar surface area (TPSA) is 35.6 Å². The zero-order valence-corrected chi connectivity index (χ0v) is 13.8. The molecule has 1 saturated heterocycles. The fourth-order valence-corrected chi connectivity index (χ4v) is 2.68. The van der Waals surface area contributed by atoms with Gasteiger partial charge >= 0.3 is 0 Å². The van der Waals surface area contributed by atoms with Crippen LogP contribution in [-0.2, 0) is 4.79 Å². The largest absolute Gasteiger partial charge is 0.378 e. The van der Waals surface area contributed by atoms with Crippen molar-refractivity contribution in [1.29, 1.82) is 0 Å². The average Bonchev–Trinajstić information content (AvgIpc) is 2.82. The van der Waals surface area contributed by atoms with E-state index >= 15 is 0 Å². The number of amides is 1. The van der Waals surface area contributed by atoms with Crippen LogP contribution in [0.5, 0.6) is 0 Å². The quantitative estimate of drug-likeness (QED) is 0.696. The Kier molecular flexibility index (Phi) is 4.12. The second kappa shape index (κ2) is 6.22. The minimum absolute atomic E-state index is 0.142. The van der Waals surface area contributed by atoms with Crippen LogP contribution < -0.4 is 15.1 Å². The van der Waals surface area contributed by atoms with Crippen molar-refractivity contribution >= 4 is 40.7 Å². The minimum Gasteiger partial charge on any atom is -0.378 e. The third-order valence-electron chi connectivity index (χ3n) is 3.61. The van der Waals surface area contributed by atoms with Gasteiger partial charge in [-0.25, -0.2) is 0 Å². The summed E-state index contributed by atoms with van der Waals surface area (Å²) in [6.45, 7) is 0. The summed E-state index contributed by atoms with van der Waals surface area (Å²) in [5.74, 6) is -0.142. The maximum Gasteiger partial charge on any atom is 0.281 e. The molecule has 0 unspecified atom stereocenters. The Labute approximate surface area is 141 Å². The molecule has 2 aromatic rings. The number of carbonyl (C=O) groups is 1. The zero-order valence-electron chi connectivity index (χ0n) is 13.0. The van der Waals surface area contributed by atoms with Crippen LogP contribution in [0.15, 0.2) is 60.3 Å². The van der Waals surface area contributed by atoms with Crippen molar-refractivity contribution in [1.82, 2.24) is 5.32 Å². The summed E-state index contributed by atoms with van der Waals surface area (Å²) < 4.78 is 0. The SMILES string of the molecule is CN(C)c1ccc(N2C(=O)C(=Cc3ccccc3)NC2=S)cc1. The number of carbonyl (C=O) groups excluding carboxylic acids is 1. The predicted molar refractivity (Wildman–Crippen MR) is 98.4 cm³/mol. The van der Waals surface area contributed by atoms with E-state index in [0.717, 1.165) is 16.9 Å². The first-order chi connectivity index (χ1) is 11.1. The molecule has 116 valence electrons. The molecule has 1 fully saturated rings. The fourth-order valence-electron chi connectivity index (χ4n) is 2.39. The van der Waals surface area contributed by atoms with Gasteiger partial charge < -0.3 is 10.2 Å². The highest BCUT2D eigenvalue weighted by Crippen LogP contribution is 2.24. The monoisotopic (exact) mass is 323 g/mol. The molecule has 1 N–H and O–H groups in total. The molecule has 4 nitrogen and oxygen atoms in total. The second-order valence-electron chi connectivity index (χ2n) is 5.45. The molecule has 0 atom stereocenters. The van der Waals surface area contributed by atoms with Gasteiger partial charge in [0.1, 0.15) is 5.70 Å². The maximum atomic E-state index is 12.6. The molecule has 0 radical (unpaired) electrons. The van der Waals surface area contributed by atoms with E-state index in [9.17, 15) is 4.79 Å². The first-order valence-electron chi connectivity index (χ1n) is 7.26. The molecule has 2 aromatic carbocycles. The van der Waals surface area contributed by atoms with Crippen molar-refractivity contribution in [2.45, 2.75) is 0 Å². The van der Waals surface area contributed by atoms with Crippen molar-refractivity contribution in [2.24, 2.45) is 0 Å². The van der Waals surface area contributed by atoms with Gasteiger partial charge in [0.05, 0.1) is 5.69 Å². The third kappa shape index (κ3) is 3.10. The number of thiocarbonyl (C=S) groups is 1. The molecule has 1 aliphatic heterocycles. The number of anilines is 2. The van der Waals surface area contributed by atoms with Crippen LogP contribution in [0.25, 0.3) is 6.08 Å². The Balaban J connectivity index is 1.88. The first kappa shape index (κ1) is 15.2. The molecule has 23 heavy (non-hydrogen) atoms. The molecule has 0 aliphatic carbocycles. The number of benzene rings is 2. The van der Waals surface area contributed by atoms with E-state index < -0.39 is 0 Å². The van der Waals surface area contributed by atoms with Crippen molar-refractivity contribution in [2.75, 3.05) is 23.9 Å². The van der Waals surface area contributed by atoms with Gasteiger partial charge in [-0.1, -0.05) is 30.3 Å². The molecule has 5 heteroatoms. The molecule has 0 spiro atoms. The van der Waals surface area contributed by atoms with E-state index in [1.807, 2.05) is 79.7 Å². The minimum atomic E-state index is -0.142. The normalized spacial score (nSPS) is 15.9. The first-order valence-corrected chi connectivity index (χ1v) is 7.66. The lowest BCUT2D eigenvalue weighted by Gasteiger charge is -2.17. The van der Waals surface area contributed by atoms with Gasteiger partial charge in [-0.2, -0.15) is 0 Å². The lowest BCUT2D eigenvalue weighted by Crippen LogP contribution is -2.30. The van der Waals surface area contributed by atoms with Gasteiger partial charge in [-0.15, -0.1) is 0 Å². The molecule has 0 saturated carbocycles. The molecule has 0 bridgehead atoms. The van der Waals surface area contributed by atoms with Crippen molar-refractivity contribution in [3.05, 3.63) is 65.9 Å². The highest BCUT2D eigenvalue weighted by Gasteiger charge is 2.31. The molecule has 1 aliphatic rings. The number of hydrogen-bond acceptors (Lipinski definition) is 3. The number of hydrogen-bond donors (Lipinski definition) is 1. The Hall–Kier alpha value is -2.66. The highest BCUT2D eigenvalue weighted by molar-refractivity contribution is 7.80. The van der Waals surface area contributed by atoms with E-state index in [1.54, 1.807) is 0 Å². The van der Waals surface area contributed by atoms with E-state index in [-0.39, 0.29) is 5.91 Å². The Morgan fingerprint density at radius 2 is 1.70 bits per heavy atom. The van der Waals surface area contributed by atoms with Gasteiger partial charge in [-0.05, 0) is 48.1 Å². The van der Waals surface area contributed by atoms with Crippen molar-refractivity contribution in [3.8, 4) is 0 Å². The van der Waals surface area contributed by atoms with Crippen LogP contribution >= 0.6 is 12.2 Å². The summed E-state index contributed by atoms with van der Waals surface area (Å²) in [4.78, 5) is 16.2. The van der Waals surface area contributed by atoms with E-state index in [1.165, 1.54) is 4.90 Å². The van der Waals surface area contributed by atoms with Gasteiger partial charge in [0.25, 0.3) is 5.91 Å². The smallest absolute Gasteiger partial charge is 0.281 e. The Morgan fingerprint density at radius 1 is 1.04 bits per heavy atom. The summed E-state index contributed by atoms with van der Waals surface area (Å²) in [7, 11) is 3.95. The molecular formula is C18H17N3OS. The number of nitrogens with one attached hydrogen (secondary N) is 1. The predicted octanol–water partition coefficient (Wildman–Crippen LogP) is 3.01. The van der Waals surface area contributed by atoms with Gasteiger partial charge in [0, 0.05) is 19.8 Å². The second-order valence-corrected chi connectivity index (χ2v) is 5.84. The zero-order chi connectivity index (χ0) is 16.4. The van der Waals surface area contributed by atoms with E-state index in [2.05, 4.69) is 5.32 Å². The van der Waals surface area contributed by atoms with Crippen LogP contribution in [0, 0.1) is 0 Å². The number of rotatable bonds is 3.